The molecule has 2 aliphatic heterocycles. The highest BCUT2D eigenvalue weighted by molar-refractivity contribution is 7.88. The summed E-state index contributed by atoms with van der Waals surface area (Å²) in [5.74, 6) is 0.698. The highest BCUT2D eigenvalue weighted by Gasteiger charge is 2.22. The number of nitrogens with zero attached hydrogens (tertiary/aromatic N) is 5. The number of morpholine rings is 1. The fraction of sp³-hybridized carbons (Fsp3) is 0.500. The SMILES string of the molecule is CS(=O)(=O)NCCNCc1csc2c(-c3ccc4cnn(C5CCCCO5)c4c3)nc(N3CCOCC3)nc12. The summed E-state index contributed by atoms with van der Waals surface area (Å²) >= 11 is 1.63. The molecule has 0 amide bonds. The molecule has 0 radical (unpaired) electrons. The van der Waals surface area contributed by atoms with Crippen molar-refractivity contribution in [2.45, 2.75) is 32.0 Å². The second-order valence-corrected chi connectivity index (χ2v) is 12.7. The van der Waals surface area contributed by atoms with Gasteiger partial charge in [0, 0.05) is 55.8 Å². The van der Waals surface area contributed by atoms with E-state index in [2.05, 4.69) is 43.6 Å². The Kier molecular flexibility index (Phi) is 7.78. The number of nitrogens with one attached hydrogen (secondary N) is 2. The molecule has 0 bridgehead atoms. The highest BCUT2D eigenvalue weighted by Crippen LogP contribution is 2.36. The van der Waals surface area contributed by atoms with Gasteiger partial charge in [-0.3, -0.25) is 0 Å². The summed E-state index contributed by atoms with van der Waals surface area (Å²) in [5.41, 5.74) is 4.93. The van der Waals surface area contributed by atoms with Crippen LogP contribution in [0, 0.1) is 0 Å². The van der Waals surface area contributed by atoms with Gasteiger partial charge in [0.2, 0.25) is 16.0 Å². The van der Waals surface area contributed by atoms with Crippen LogP contribution in [0.15, 0.2) is 29.8 Å². The zero-order valence-electron chi connectivity index (χ0n) is 21.9. The van der Waals surface area contributed by atoms with Crippen molar-refractivity contribution >= 4 is 48.4 Å². The van der Waals surface area contributed by atoms with Gasteiger partial charge in [0.15, 0.2) is 6.23 Å². The number of hydrogen-bond donors (Lipinski definition) is 2. The molecule has 2 fully saturated rings. The van der Waals surface area contributed by atoms with Crippen LogP contribution in [0.3, 0.4) is 0 Å². The van der Waals surface area contributed by atoms with E-state index in [-0.39, 0.29) is 6.23 Å². The Morgan fingerprint density at radius 2 is 2.00 bits per heavy atom. The Balaban J connectivity index is 1.36. The van der Waals surface area contributed by atoms with Gasteiger partial charge in [-0.1, -0.05) is 12.1 Å². The monoisotopic (exact) mass is 571 g/mol. The van der Waals surface area contributed by atoms with Gasteiger partial charge in [-0.2, -0.15) is 5.10 Å². The van der Waals surface area contributed by atoms with Crippen molar-refractivity contribution in [2.24, 2.45) is 0 Å². The molecule has 1 atom stereocenters. The van der Waals surface area contributed by atoms with Crippen molar-refractivity contribution in [1.29, 1.82) is 0 Å². The van der Waals surface area contributed by atoms with E-state index in [1.165, 1.54) is 0 Å². The second kappa shape index (κ2) is 11.4. The lowest BCUT2D eigenvalue weighted by Gasteiger charge is -2.27. The Morgan fingerprint density at radius 1 is 1.13 bits per heavy atom. The summed E-state index contributed by atoms with van der Waals surface area (Å²) < 4.78 is 39.9. The number of fused-ring (bicyclic) bond motifs is 2. The van der Waals surface area contributed by atoms with E-state index in [0.717, 1.165) is 83.2 Å². The van der Waals surface area contributed by atoms with Crippen molar-refractivity contribution in [1.82, 2.24) is 29.8 Å². The molecule has 6 rings (SSSR count). The maximum absolute atomic E-state index is 11.4. The smallest absolute Gasteiger partial charge is 0.226 e. The van der Waals surface area contributed by atoms with Gasteiger partial charge in [-0.15, -0.1) is 11.3 Å². The lowest BCUT2D eigenvalue weighted by Crippen LogP contribution is -2.37. The predicted octanol–water partition coefficient (Wildman–Crippen LogP) is 2.88. The van der Waals surface area contributed by atoms with Gasteiger partial charge in [-0.05, 0) is 30.7 Å². The zero-order chi connectivity index (χ0) is 26.8. The summed E-state index contributed by atoms with van der Waals surface area (Å²) in [5, 5.41) is 11.2. The molecule has 3 aromatic heterocycles. The largest absolute Gasteiger partial charge is 0.378 e. The minimum Gasteiger partial charge on any atom is -0.378 e. The first-order valence-corrected chi connectivity index (χ1v) is 16.1. The number of benzene rings is 1. The van der Waals surface area contributed by atoms with E-state index in [1.54, 1.807) is 11.3 Å². The predicted molar refractivity (Wildman–Crippen MR) is 153 cm³/mol. The Labute approximate surface area is 231 Å². The Morgan fingerprint density at radius 3 is 2.79 bits per heavy atom. The quantitative estimate of drug-likeness (QED) is 0.292. The van der Waals surface area contributed by atoms with E-state index in [4.69, 9.17) is 19.4 Å². The molecule has 4 aromatic rings. The summed E-state index contributed by atoms with van der Waals surface area (Å²) in [7, 11) is -3.21. The number of aromatic nitrogens is 4. The molecule has 39 heavy (non-hydrogen) atoms. The third kappa shape index (κ3) is 5.93. The first-order valence-electron chi connectivity index (χ1n) is 13.3. The molecule has 2 aliphatic rings. The average Bonchev–Trinajstić information content (AvgIpc) is 3.56. The molecule has 0 aliphatic carbocycles. The van der Waals surface area contributed by atoms with Crippen LogP contribution in [-0.2, 0) is 26.0 Å². The summed E-state index contributed by atoms with van der Waals surface area (Å²) in [6.45, 7) is 4.96. The van der Waals surface area contributed by atoms with E-state index in [1.807, 2.05) is 10.9 Å². The fourth-order valence-electron chi connectivity index (χ4n) is 5.06. The van der Waals surface area contributed by atoms with Crippen LogP contribution in [0.2, 0.25) is 0 Å². The van der Waals surface area contributed by atoms with Crippen LogP contribution in [0.25, 0.3) is 32.4 Å². The van der Waals surface area contributed by atoms with Gasteiger partial charge < -0.3 is 19.7 Å². The molecule has 0 spiro atoms. The Bertz CT molecular complexity index is 1560. The minimum atomic E-state index is -3.21. The number of rotatable bonds is 9. The first kappa shape index (κ1) is 26.5. The van der Waals surface area contributed by atoms with Crippen LogP contribution in [-0.4, -0.2) is 80.4 Å². The third-order valence-electron chi connectivity index (χ3n) is 7.05. The topological polar surface area (TPSA) is 124 Å². The van der Waals surface area contributed by atoms with Crippen molar-refractivity contribution < 1.29 is 17.9 Å². The zero-order valence-corrected chi connectivity index (χ0v) is 23.6. The number of hydrogen-bond acceptors (Lipinski definition) is 10. The van der Waals surface area contributed by atoms with Gasteiger partial charge in [0.25, 0.3) is 0 Å². The summed E-state index contributed by atoms with van der Waals surface area (Å²) in [4.78, 5) is 12.3. The van der Waals surface area contributed by atoms with E-state index in [0.29, 0.717) is 38.8 Å². The molecular formula is C26H33N7O4S2. The van der Waals surface area contributed by atoms with Crippen molar-refractivity contribution in [3.8, 4) is 11.3 Å². The lowest BCUT2D eigenvalue weighted by atomic mass is 10.1. The maximum atomic E-state index is 11.4. The van der Waals surface area contributed by atoms with Crippen LogP contribution < -0.4 is 14.9 Å². The van der Waals surface area contributed by atoms with Gasteiger partial charge >= 0.3 is 0 Å². The molecule has 1 aromatic carbocycles. The van der Waals surface area contributed by atoms with Crippen LogP contribution in [0.5, 0.6) is 0 Å². The normalized spacial score (nSPS) is 18.8. The van der Waals surface area contributed by atoms with Crippen molar-refractivity contribution in [2.75, 3.05) is 57.2 Å². The minimum absolute atomic E-state index is 0.0440. The number of thiophene rings is 1. The molecule has 13 heteroatoms. The van der Waals surface area contributed by atoms with Crippen LogP contribution in [0.4, 0.5) is 5.95 Å². The number of ether oxygens (including phenoxy) is 2. The molecule has 1 unspecified atom stereocenters. The highest BCUT2D eigenvalue weighted by atomic mass is 32.2. The maximum Gasteiger partial charge on any atom is 0.226 e. The van der Waals surface area contributed by atoms with Crippen LogP contribution in [0.1, 0.15) is 31.1 Å². The van der Waals surface area contributed by atoms with E-state index in [9.17, 15) is 8.42 Å². The second-order valence-electron chi connectivity index (χ2n) is 9.94. The van der Waals surface area contributed by atoms with Gasteiger partial charge in [0.1, 0.15) is 0 Å². The lowest BCUT2D eigenvalue weighted by molar-refractivity contribution is -0.0366. The van der Waals surface area contributed by atoms with E-state index < -0.39 is 10.0 Å². The number of sulfonamides is 1. The fourth-order valence-corrected chi connectivity index (χ4v) is 6.55. The van der Waals surface area contributed by atoms with Crippen molar-refractivity contribution in [3.63, 3.8) is 0 Å². The van der Waals surface area contributed by atoms with Gasteiger partial charge in [0.05, 0.1) is 47.1 Å². The molecule has 5 heterocycles. The molecule has 208 valence electrons. The molecule has 2 N–H and O–H groups in total. The molecule has 2 saturated heterocycles. The number of anilines is 1. The standard InChI is InChI=1S/C26H33N7O4S2/c1-39(34,35)29-8-7-27-15-20-17-38-25-23(30-26(31-24(20)25)32-9-12-36-13-10-32)18-5-6-19-16-28-33(21(19)14-18)22-4-2-3-11-37-22/h5-6,14,16-17,22,27,29H,2-4,7-13,15H2,1H3. The average molecular weight is 572 g/mol. The third-order valence-corrected chi connectivity index (χ3v) is 8.81. The van der Waals surface area contributed by atoms with Crippen molar-refractivity contribution in [3.05, 3.63) is 35.3 Å². The van der Waals surface area contributed by atoms with E-state index >= 15 is 0 Å². The summed E-state index contributed by atoms with van der Waals surface area (Å²) in [6, 6.07) is 6.37. The molecule has 0 saturated carbocycles. The molecule has 11 nitrogen and oxygen atoms in total. The molecular weight excluding hydrogens is 538 g/mol. The van der Waals surface area contributed by atoms with Gasteiger partial charge in [-0.25, -0.2) is 27.8 Å². The van der Waals surface area contributed by atoms with Crippen LogP contribution >= 0.6 is 11.3 Å². The summed E-state index contributed by atoms with van der Waals surface area (Å²) in [6.07, 6.45) is 6.21. The first-order chi connectivity index (χ1) is 19.0. The Hall–Kier alpha value is -2.68.